The topological polar surface area (TPSA) is 46.3 Å². The third-order valence-electron chi connectivity index (χ3n) is 4.26. The molecule has 0 saturated heterocycles. The quantitative estimate of drug-likeness (QED) is 0.876. The Kier molecular flexibility index (Phi) is 4.71. The fourth-order valence-corrected chi connectivity index (χ4v) is 2.40. The Hall–Kier alpha value is -1.06. The van der Waals surface area contributed by atoms with Crippen molar-refractivity contribution in [2.45, 2.75) is 45.7 Å². The summed E-state index contributed by atoms with van der Waals surface area (Å²) in [7, 11) is 0. The number of carbonyl (C=O) groups is 1. The highest BCUT2D eigenvalue weighted by Crippen LogP contribution is 2.33. The fraction of sp³-hybridized carbons (Fsp3) is 0.562. The van der Waals surface area contributed by atoms with E-state index in [0.717, 1.165) is 29.8 Å². The van der Waals surface area contributed by atoms with E-state index in [2.05, 4.69) is 0 Å². The zero-order chi connectivity index (χ0) is 14.8. The van der Waals surface area contributed by atoms with Gasteiger partial charge in [-0.3, -0.25) is 4.79 Å². The number of rotatable bonds is 6. The summed E-state index contributed by atoms with van der Waals surface area (Å²) in [4.78, 5) is 14.8. The minimum absolute atomic E-state index is 0.181. The number of halogens is 1. The van der Waals surface area contributed by atoms with Gasteiger partial charge in [0, 0.05) is 24.2 Å². The summed E-state index contributed by atoms with van der Waals surface area (Å²) in [5.41, 5.74) is 6.49. The molecule has 4 heteroatoms. The van der Waals surface area contributed by atoms with Crippen LogP contribution in [0.25, 0.3) is 0 Å². The standard InChI is InChI=1S/C16H23ClN2O/c1-3-16(2,11-18)15(20)19(14-8-9-14)10-12-4-6-13(17)7-5-12/h4-7,14H,3,8-11,18H2,1-2H3. The molecule has 1 aliphatic rings. The van der Waals surface area contributed by atoms with Crippen LogP contribution < -0.4 is 5.73 Å². The Labute approximate surface area is 126 Å². The van der Waals surface area contributed by atoms with Gasteiger partial charge in [0.1, 0.15) is 0 Å². The fourth-order valence-electron chi connectivity index (χ4n) is 2.27. The molecule has 0 radical (unpaired) electrons. The molecule has 1 aromatic carbocycles. The van der Waals surface area contributed by atoms with Crippen LogP contribution in [0, 0.1) is 5.41 Å². The van der Waals surface area contributed by atoms with Crippen molar-refractivity contribution in [2.24, 2.45) is 11.1 Å². The number of benzene rings is 1. The van der Waals surface area contributed by atoms with Crippen molar-refractivity contribution in [1.82, 2.24) is 4.90 Å². The Bertz CT molecular complexity index is 464. The lowest BCUT2D eigenvalue weighted by Crippen LogP contribution is -2.46. The summed E-state index contributed by atoms with van der Waals surface area (Å²) >= 11 is 5.91. The molecule has 3 nitrogen and oxygen atoms in total. The van der Waals surface area contributed by atoms with Gasteiger partial charge in [0.25, 0.3) is 0 Å². The summed E-state index contributed by atoms with van der Waals surface area (Å²) in [5, 5.41) is 0.721. The molecule has 1 aliphatic carbocycles. The molecule has 0 bridgehead atoms. The zero-order valence-electron chi connectivity index (χ0n) is 12.2. The molecule has 0 spiro atoms. The van der Waals surface area contributed by atoms with Crippen molar-refractivity contribution in [3.05, 3.63) is 34.9 Å². The summed E-state index contributed by atoms with van der Waals surface area (Å²) in [6.45, 7) is 5.03. The first-order chi connectivity index (χ1) is 9.50. The molecule has 2 rings (SSSR count). The Morgan fingerprint density at radius 1 is 1.40 bits per heavy atom. The van der Waals surface area contributed by atoms with E-state index >= 15 is 0 Å². The highest BCUT2D eigenvalue weighted by atomic mass is 35.5. The summed E-state index contributed by atoms with van der Waals surface area (Å²) in [6, 6.07) is 8.09. The molecular weight excluding hydrogens is 272 g/mol. The minimum atomic E-state index is -0.449. The number of amides is 1. The van der Waals surface area contributed by atoms with Crippen molar-refractivity contribution in [3.8, 4) is 0 Å². The van der Waals surface area contributed by atoms with Crippen LogP contribution in [-0.2, 0) is 11.3 Å². The molecule has 1 fully saturated rings. The molecule has 110 valence electrons. The van der Waals surface area contributed by atoms with E-state index in [1.807, 2.05) is 43.0 Å². The first-order valence-corrected chi connectivity index (χ1v) is 7.63. The normalized spacial score (nSPS) is 17.6. The maximum Gasteiger partial charge on any atom is 0.230 e. The van der Waals surface area contributed by atoms with Crippen molar-refractivity contribution in [1.29, 1.82) is 0 Å². The van der Waals surface area contributed by atoms with Crippen LogP contribution in [0.2, 0.25) is 5.02 Å². The molecule has 1 aromatic rings. The number of hydrogen-bond acceptors (Lipinski definition) is 2. The van der Waals surface area contributed by atoms with Crippen LogP contribution in [0.15, 0.2) is 24.3 Å². The lowest BCUT2D eigenvalue weighted by atomic mass is 9.85. The maximum atomic E-state index is 12.8. The van der Waals surface area contributed by atoms with Gasteiger partial charge in [-0.05, 0) is 43.9 Å². The second kappa shape index (κ2) is 6.15. The van der Waals surface area contributed by atoms with E-state index in [9.17, 15) is 4.79 Å². The van der Waals surface area contributed by atoms with Gasteiger partial charge in [-0.15, -0.1) is 0 Å². The van der Waals surface area contributed by atoms with Crippen molar-refractivity contribution in [2.75, 3.05) is 6.54 Å². The smallest absolute Gasteiger partial charge is 0.230 e. The van der Waals surface area contributed by atoms with Crippen LogP contribution in [-0.4, -0.2) is 23.4 Å². The largest absolute Gasteiger partial charge is 0.335 e. The molecule has 1 amide bonds. The molecular formula is C16H23ClN2O. The van der Waals surface area contributed by atoms with Gasteiger partial charge < -0.3 is 10.6 Å². The molecule has 0 aromatic heterocycles. The first-order valence-electron chi connectivity index (χ1n) is 7.26. The van der Waals surface area contributed by atoms with Crippen molar-refractivity contribution in [3.63, 3.8) is 0 Å². The number of carbonyl (C=O) groups excluding carboxylic acids is 1. The molecule has 20 heavy (non-hydrogen) atoms. The molecule has 1 unspecified atom stereocenters. The SMILES string of the molecule is CCC(C)(CN)C(=O)N(Cc1ccc(Cl)cc1)C1CC1. The molecule has 1 saturated carbocycles. The second-order valence-electron chi connectivity index (χ2n) is 5.91. The van der Waals surface area contributed by atoms with E-state index in [1.54, 1.807) is 0 Å². The lowest BCUT2D eigenvalue weighted by molar-refractivity contribution is -0.142. The summed E-state index contributed by atoms with van der Waals surface area (Å²) < 4.78 is 0. The predicted molar refractivity (Wildman–Crippen MR) is 82.5 cm³/mol. The van der Waals surface area contributed by atoms with E-state index in [0.29, 0.717) is 19.1 Å². The zero-order valence-corrected chi connectivity index (χ0v) is 13.0. The first kappa shape index (κ1) is 15.3. The number of nitrogens with two attached hydrogens (primary N) is 1. The third kappa shape index (κ3) is 3.33. The highest BCUT2D eigenvalue weighted by Gasteiger charge is 2.40. The molecule has 0 heterocycles. The van der Waals surface area contributed by atoms with Crippen LogP contribution in [0.4, 0.5) is 0 Å². The van der Waals surface area contributed by atoms with Gasteiger partial charge in [0.2, 0.25) is 5.91 Å². The predicted octanol–water partition coefficient (Wildman–Crippen LogP) is 3.21. The van der Waals surface area contributed by atoms with Crippen LogP contribution in [0.1, 0.15) is 38.7 Å². The van der Waals surface area contributed by atoms with Crippen LogP contribution in [0.5, 0.6) is 0 Å². The van der Waals surface area contributed by atoms with Crippen LogP contribution in [0.3, 0.4) is 0 Å². The van der Waals surface area contributed by atoms with E-state index < -0.39 is 5.41 Å². The monoisotopic (exact) mass is 294 g/mol. The highest BCUT2D eigenvalue weighted by molar-refractivity contribution is 6.30. The average Bonchev–Trinajstić information content (AvgIpc) is 3.29. The lowest BCUT2D eigenvalue weighted by Gasteiger charge is -2.33. The van der Waals surface area contributed by atoms with Crippen molar-refractivity contribution >= 4 is 17.5 Å². The maximum absolute atomic E-state index is 12.8. The van der Waals surface area contributed by atoms with Gasteiger partial charge >= 0.3 is 0 Å². The Morgan fingerprint density at radius 2 is 2.00 bits per heavy atom. The molecule has 0 aliphatic heterocycles. The van der Waals surface area contributed by atoms with Gasteiger partial charge in [0.15, 0.2) is 0 Å². The third-order valence-corrected chi connectivity index (χ3v) is 4.51. The van der Waals surface area contributed by atoms with Gasteiger partial charge in [-0.2, -0.15) is 0 Å². The van der Waals surface area contributed by atoms with Gasteiger partial charge in [0.05, 0.1) is 5.41 Å². The number of hydrogen-bond donors (Lipinski definition) is 1. The minimum Gasteiger partial charge on any atom is -0.335 e. The van der Waals surface area contributed by atoms with E-state index in [-0.39, 0.29) is 5.91 Å². The Morgan fingerprint density at radius 3 is 2.45 bits per heavy atom. The molecule has 1 atom stereocenters. The van der Waals surface area contributed by atoms with Crippen LogP contribution >= 0.6 is 11.6 Å². The van der Waals surface area contributed by atoms with E-state index in [1.165, 1.54) is 0 Å². The van der Waals surface area contributed by atoms with Crippen molar-refractivity contribution < 1.29 is 4.79 Å². The average molecular weight is 295 g/mol. The second-order valence-corrected chi connectivity index (χ2v) is 6.35. The summed E-state index contributed by atoms with van der Waals surface area (Å²) in [6.07, 6.45) is 2.97. The van der Waals surface area contributed by atoms with Gasteiger partial charge in [-0.25, -0.2) is 0 Å². The van der Waals surface area contributed by atoms with Gasteiger partial charge in [-0.1, -0.05) is 30.7 Å². The summed E-state index contributed by atoms with van der Waals surface area (Å²) in [5.74, 6) is 0.181. The number of nitrogens with zero attached hydrogens (tertiary/aromatic N) is 1. The molecule has 2 N–H and O–H groups in total. The Balaban J connectivity index is 2.15. The van der Waals surface area contributed by atoms with E-state index in [4.69, 9.17) is 17.3 Å².